The number of nitrogens with one attached hydrogen (secondary N) is 1. The van der Waals surface area contributed by atoms with E-state index in [0.29, 0.717) is 23.4 Å². The van der Waals surface area contributed by atoms with Gasteiger partial charge in [-0.2, -0.15) is 5.10 Å². The molecule has 1 fully saturated rings. The van der Waals surface area contributed by atoms with Gasteiger partial charge in [-0.05, 0) is 31.0 Å². The molecule has 2 aromatic rings. The van der Waals surface area contributed by atoms with Crippen molar-refractivity contribution >= 4 is 23.5 Å². The van der Waals surface area contributed by atoms with E-state index in [9.17, 15) is 14.7 Å². The first-order valence-electron chi connectivity index (χ1n) is 7.87. The summed E-state index contributed by atoms with van der Waals surface area (Å²) in [5.74, 6) is -1.40. The molecule has 24 heavy (non-hydrogen) atoms. The average molecular weight is 348 g/mol. The molecular weight excluding hydrogens is 330 g/mol. The fraction of sp³-hybridized carbons (Fsp3) is 0.353. The SMILES string of the molecule is O=C(NC1(C(=O)O)CCCCC1)c1cnn(-c2cccc(Cl)c2)c1. The molecule has 0 unspecified atom stereocenters. The normalized spacial score (nSPS) is 16.5. The summed E-state index contributed by atoms with van der Waals surface area (Å²) in [6.45, 7) is 0. The molecule has 1 aromatic heterocycles. The number of carboxylic acid groups (broad SMARTS) is 1. The van der Waals surface area contributed by atoms with E-state index in [4.69, 9.17) is 11.6 Å². The van der Waals surface area contributed by atoms with Crippen molar-refractivity contribution in [2.75, 3.05) is 0 Å². The van der Waals surface area contributed by atoms with Crippen LogP contribution in [0.15, 0.2) is 36.7 Å². The van der Waals surface area contributed by atoms with Crippen molar-refractivity contribution in [3.8, 4) is 5.69 Å². The molecule has 0 saturated heterocycles. The van der Waals surface area contributed by atoms with E-state index in [1.807, 2.05) is 6.07 Å². The van der Waals surface area contributed by atoms with Crippen molar-refractivity contribution in [1.82, 2.24) is 15.1 Å². The summed E-state index contributed by atoms with van der Waals surface area (Å²) in [6, 6.07) is 7.10. The molecule has 0 spiro atoms. The lowest BCUT2D eigenvalue weighted by Gasteiger charge is -2.33. The number of aromatic nitrogens is 2. The topological polar surface area (TPSA) is 84.2 Å². The third-order valence-corrected chi connectivity index (χ3v) is 4.62. The zero-order chi connectivity index (χ0) is 17.2. The van der Waals surface area contributed by atoms with Crippen LogP contribution >= 0.6 is 11.6 Å². The largest absolute Gasteiger partial charge is 0.480 e. The van der Waals surface area contributed by atoms with Crippen LogP contribution in [0.25, 0.3) is 5.69 Å². The maximum atomic E-state index is 12.5. The molecule has 1 aromatic carbocycles. The first-order chi connectivity index (χ1) is 11.5. The number of benzene rings is 1. The lowest BCUT2D eigenvalue weighted by molar-refractivity contribution is -0.145. The quantitative estimate of drug-likeness (QED) is 0.890. The van der Waals surface area contributed by atoms with E-state index in [2.05, 4.69) is 10.4 Å². The summed E-state index contributed by atoms with van der Waals surface area (Å²) in [4.78, 5) is 24.1. The highest BCUT2D eigenvalue weighted by atomic mass is 35.5. The van der Waals surface area contributed by atoms with Gasteiger partial charge in [-0.1, -0.05) is 36.9 Å². The summed E-state index contributed by atoms with van der Waals surface area (Å²) in [7, 11) is 0. The maximum Gasteiger partial charge on any atom is 0.329 e. The van der Waals surface area contributed by atoms with Gasteiger partial charge in [-0.25, -0.2) is 9.48 Å². The minimum Gasteiger partial charge on any atom is -0.480 e. The Balaban J connectivity index is 1.79. The molecule has 126 valence electrons. The Morgan fingerprint density at radius 3 is 2.67 bits per heavy atom. The summed E-state index contributed by atoms with van der Waals surface area (Å²) >= 11 is 5.96. The van der Waals surface area contributed by atoms with E-state index in [0.717, 1.165) is 24.9 Å². The smallest absolute Gasteiger partial charge is 0.329 e. The summed E-state index contributed by atoms with van der Waals surface area (Å²) < 4.78 is 1.54. The lowest BCUT2D eigenvalue weighted by atomic mass is 9.81. The molecular formula is C17H18ClN3O3. The molecule has 0 aliphatic heterocycles. The Hall–Kier alpha value is -2.34. The minimum atomic E-state index is -1.17. The Labute approximate surface area is 144 Å². The monoisotopic (exact) mass is 347 g/mol. The van der Waals surface area contributed by atoms with Crippen LogP contribution in [0.4, 0.5) is 0 Å². The fourth-order valence-electron chi connectivity index (χ4n) is 3.04. The van der Waals surface area contributed by atoms with Crippen LogP contribution < -0.4 is 5.32 Å². The molecule has 3 rings (SSSR count). The molecule has 0 atom stereocenters. The predicted octanol–water partition coefficient (Wildman–Crippen LogP) is 3.04. The Morgan fingerprint density at radius 2 is 2.00 bits per heavy atom. The van der Waals surface area contributed by atoms with Crippen LogP contribution in [-0.4, -0.2) is 32.3 Å². The van der Waals surface area contributed by atoms with Gasteiger partial charge in [0.15, 0.2) is 0 Å². The molecule has 0 radical (unpaired) electrons. The fourth-order valence-corrected chi connectivity index (χ4v) is 3.22. The number of carbonyl (C=O) groups excluding carboxylic acids is 1. The number of hydrogen-bond acceptors (Lipinski definition) is 3. The van der Waals surface area contributed by atoms with E-state index in [-0.39, 0.29) is 0 Å². The number of carboxylic acids is 1. The zero-order valence-electron chi connectivity index (χ0n) is 13.0. The van der Waals surface area contributed by atoms with Gasteiger partial charge in [0.1, 0.15) is 5.54 Å². The van der Waals surface area contributed by atoms with Crippen molar-refractivity contribution in [1.29, 1.82) is 0 Å². The molecule has 1 aliphatic rings. The highest BCUT2D eigenvalue weighted by Crippen LogP contribution is 2.29. The summed E-state index contributed by atoms with van der Waals surface area (Å²) in [5, 5.41) is 17.0. The number of rotatable bonds is 4. The second kappa shape index (κ2) is 6.65. The third kappa shape index (κ3) is 3.28. The van der Waals surface area contributed by atoms with Crippen molar-refractivity contribution < 1.29 is 14.7 Å². The van der Waals surface area contributed by atoms with Gasteiger partial charge >= 0.3 is 5.97 Å². The van der Waals surface area contributed by atoms with Crippen LogP contribution in [0, 0.1) is 0 Å². The first-order valence-corrected chi connectivity index (χ1v) is 8.24. The molecule has 1 aliphatic carbocycles. The molecule has 1 amide bonds. The number of amides is 1. The van der Waals surface area contributed by atoms with Gasteiger partial charge in [-0.15, -0.1) is 0 Å². The third-order valence-electron chi connectivity index (χ3n) is 4.39. The van der Waals surface area contributed by atoms with Crippen molar-refractivity contribution in [3.05, 3.63) is 47.2 Å². The van der Waals surface area contributed by atoms with Crippen LogP contribution in [0.1, 0.15) is 42.5 Å². The molecule has 7 heteroatoms. The highest BCUT2D eigenvalue weighted by Gasteiger charge is 2.41. The number of hydrogen-bond donors (Lipinski definition) is 2. The van der Waals surface area contributed by atoms with Gasteiger partial charge in [0.05, 0.1) is 17.4 Å². The molecule has 0 bridgehead atoms. The minimum absolute atomic E-state index is 0.321. The highest BCUT2D eigenvalue weighted by molar-refractivity contribution is 6.30. The summed E-state index contributed by atoms with van der Waals surface area (Å²) in [5.41, 5.74) is -0.124. The van der Waals surface area contributed by atoms with E-state index < -0.39 is 17.4 Å². The van der Waals surface area contributed by atoms with Crippen LogP contribution in [0.3, 0.4) is 0 Å². The maximum absolute atomic E-state index is 12.5. The number of nitrogens with zero attached hydrogens (tertiary/aromatic N) is 2. The van der Waals surface area contributed by atoms with Crippen LogP contribution in [-0.2, 0) is 4.79 Å². The molecule has 1 saturated carbocycles. The van der Waals surface area contributed by atoms with Gasteiger partial charge in [0.2, 0.25) is 0 Å². The van der Waals surface area contributed by atoms with Crippen molar-refractivity contribution in [3.63, 3.8) is 0 Å². The molecule has 1 heterocycles. The second-order valence-electron chi connectivity index (χ2n) is 6.06. The lowest BCUT2D eigenvalue weighted by Crippen LogP contribution is -2.55. The standard InChI is InChI=1S/C17H18ClN3O3/c18-13-5-4-6-14(9-13)21-11-12(10-19-21)15(22)20-17(16(23)24)7-2-1-3-8-17/h4-6,9-11H,1-3,7-8H2,(H,20,22)(H,23,24). The Kier molecular flexibility index (Phi) is 4.57. The number of aliphatic carboxylic acids is 1. The van der Waals surface area contributed by atoms with E-state index in [1.165, 1.54) is 10.9 Å². The molecule has 6 nitrogen and oxygen atoms in total. The number of carbonyl (C=O) groups is 2. The van der Waals surface area contributed by atoms with Crippen molar-refractivity contribution in [2.24, 2.45) is 0 Å². The second-order valence-corrected chi connectivity index (χ2v) is 6.49. The summed E-state index contributed by atoms with van der Waals surface area (Å²) in [6.07, 6.45) is 6.50. The van der Waals surface area contributed by atoms with Gasteiger partial charge in [0.25, 0.3) is 5.91 Å². The van der Waals surface area contributed by atoms with Crippen LogP contribution in [0.5, 0.6) is 0 Å². The van der Waals surface area contributed by atoms with Gasteiger partial charge in [-0.3, -0.25) is 4.79 Å². The molecule has 2 N–H and O–H groups in total. The zero-order valence-corrected chi connectivity index (χ0v) is 13.8. The van der Waals surface area contributed by atoms with Gasteiger partial charge < -0.3 is 10.4 Å². The first kappa shape index (κ1) is 16.5. The Morgan fingerprint density at radius 1 is 1.25 bits per heavy atom. The Bertz CT molecular complexity index is 766. The predicted molar refractivity (Wildman–Crippen MR) is 89.5 cm³/mol. The van der Waals surface area contributed by atoms with Gasteiger partial charge in [0, 0.05) is 11.2 Å². The van der Waals surface area contributed by atoms with E-state index in [1.54, 1.807) is 24.4 Å². The van der Waals surface area contributed by atoms with Crippen molar-refractivity contribution in [2.45, 2.75) is 37.6 Å². The number of halogens is 1. The van der Waals surface area contributed by atoms with E-state index >= 15 is 0 Å². The average Bonchev–Trinajstić information content (AvgIpc) is 3.06. The van der Waals surface area contributed by atoms with Crippen LogP contribution in [0.2, 0.25) is 5.02 Å².